The van der Waals surface area contributed by atoms with E-state index in [1.54, 1.807) is 24.0 Å². The summed E-state index contributed by atoms with van der Waals surface area (Å²) in [6.07, 6.45) is 18.5. The van der Waals surface area contributed by atoms with E-state index in [1.807, 2.05) is 12.1 Å². The second kappa shape index (κ2) is 30.1. The number of carbonyl (C=O) groups is 2. The normalized spacial score (nSPS) is 17.9. The SMILES string of the molecule is C#CC(=O)NC.C=C.C=C(SN1CCCN(NC)C(=O)OCC(C)(C)Cc2c(-c3cccnc3C(C)CC)n(CC)c3ccc(cc23)-c2cccc(c2)C1)C(C(C)C)N1CCC(CCC)C1=C.C[N+]1=CCCCC1. The van der Waals surface area contributed by atoms with Crippen LogP contribution in [0, 0.1) is 29.6 Å². The lowest BCUT2D eigenvalue weighted by atomic mass is 9.83. The first-order valence-corrected chi connectivity index (χ1v) is 27.9. The standard InChI is InChI=1S/C50H70N6O2S.C6H12N.C4H5NO.C2H4/c1-12-18-39-24-28-55(36(39)7)47(34(4)5)37(8)59-53-26-17-27-56(51-11)49(57)58-33-50(9,10)31-44-43-30-41(40-20-15-19-38(29-40)32-53)22-23-45(43)54(14-3)48(44)42-21-16-25-52-46(42)35(6)13-2;1-7-5-3-2-4-6-7;1-3-4(6)5-2;1-2/h15-16,19-23,25,29-30,34-35,39,47,51H,7-8,12-14,17-18,24,26-28,31-33H2,1-6,9-11H3;5H,2-4,6H2,1H3;1H,2H3,(H,5,6);1-2H2/q;+1;;. The number of cyclic esters (lactones) is 1. The van der Waals surface area contributed by atoms with Gasteiger partial charge < -0.3 is 19.5 Å². The van der Waals surface area contributed by atoms with Crippen LogP contribution < -0.4 is 10.7 Å². The van der Waals surface area contributed by atoms with E-state index in [9.17, 15) is 9.59 Å². The lowest BCUT2D eigenvalue weighted by Gasteiger charge is -2.37. The molecule has 12 heteroatoms. The van der Waals surface area contributed by atoms with E-state index in [-0.39, 0.29) is 30.1 Å². The number of fused-ring (bicyclic) bond motifs is 4. The second-order valence-corrected chi connectivity index (χ2v) is 22.0. The number of carbonyl (C=O) groups excluding carboxylic acids is 2. The van der Waals surface area contributed by atoms with Gasteiger partial charge in [0.2, 0.25) is 0 Å². The maximum absolute atomic E-state index is 13.7. The van der Waals surface area contributed by atoms with Crippen molar-refractivity contribution in [3.05, 3.63) is 115 Å². The third-order valence-electron chi connectivity index (χ3n) is 14.3. The molecule has 2 aromatic carbocycles. The Bertz CT molecular complexity index is 2550. The molecule has 4 aromatic rings. The lowest BCUT2D eigenvalue weighted by Crippen LogP contribution is -2.43. The maximum atomic E-state index is 13.7. The fraction of sp³-hybridized carbons (Fsp3) is 0.516. The Labute approximate surface area is 451 Å². The van der Waals surface area contributed by atoms with E-state index < -0.39 is 0 Å². The van der Waals surface area contributed by atoms with Gasteiger partial charge in [-0.15, -0.1) is 19.6 Å². The molecule has 74 heavy (non-hydrogen) atoms. The quantitative estimate of drug-likeness (QED) is 0.0627. The van der Waals surface area contributed by atoms with Crippen LogP contribution in [0.2, 0.25) is 0 Å². The van der Waals surface area contributed by atoms with Crippen LogP contribution in [0.5, 0.6) is 0 Å². The number of aromatic nitrogens is 2. The van der Waals surface area contributed by atoms with Crippen LogP contribution in [-0.4, -0.2) is 107 Å². The van der Waals surface area contributed by atoms with Gasteiger partial charge in [-0.25, -0.2) is 24.1 Å². The van der Waals surface area contributed by atoms with Crippen molar-refractivity contribution >= 4 is 41.1 Å². The molecule has 402 valence electrons. The molecule has 11 nitrogen and oxygen atoms in total. The number of hydrazine groups is 1. The van der Waals surface area contributed by atoms with E-state index in [1.165, 1.54) is 95.8 Å². The Balaban J connectivity index is 0.000000687. The summed E-state index contributed by atoms with van der Waals surface area (Å²) >= 11 is 1.77. The Morgan fingerprint density at radius 1 is 1.01 bits per heavy atom. The molecule has 0 saturated carbocycles. The van der Waals surface area contributed by atoms with E-state index in [0.717, 1.165) is 62.5 Å². The number of ether oxygens (including phenoxy) is 1. The second-order valence-electron chi connectivity index (χ2n) is 20.8. The number of aryl methyl sites for hydroxylation is 1. The van der Waals surface area contributed by atoms with E-state index in [2.05, 4.69) is 178 Å². The van der Waals surface area contributed by atoms with Crippen molar-refractivity contribution in [2.75, 3.05) is 53.9 Å². The molecule has 3 unspecified atom stereocenters. The van der Waals surface area contributed by atoms with Gasteiger partial charge in [0.25, 0.3) is 5.91 Å². The molecule has 0 radical (unpaired) electrons. The summed E-state index contributed by atoms with van der Waals surface area (Å²) in [4.78, 5) is 32.2. The zero-order valence-corrected chi connectivity index (χ0v) is 48.0. The van der Waals surface area contributed by atoms with Crippen LogP contribution in [0.15, 0.2) is 97.7 Å². The number of rotatable bonds is 12. The Morgan fingerprint density at radius 2 is 1.76 bits per heavy atom. The highest BCUT2D eigenvalue weighted by molar-refractivity contribution is 8.00. The van der Waals surface area contributed by atoms with E-state index in [4.69, 9.17) is 16.3 Å². The summed E-state index contributed by atoms with van der Waals surface area (Å²) in [6, 6.07) is 20.5. The van der Waals surface area contributed by atoms with Gasteiger partial charge in [0.15, 0.2) is 0 Å². The van der Waals surface area contributed by atoms with Crippen LogP contribution >= 0.6 is 11.9 Å². The van der Waals surface area contributed by atoms with Crippen LogP contribution in [0.1, 0.15) is 129 Å². The van der Waals surface area contributed by atoms with Crippen molar-refractivity contribution in [3.8, 4) is 34.7 Å². The zero-order valence-electron chi connectivity index (χ0n) is 47.2. The minimum Gasteiger partial charge on any atom is -0.448 e. The predicted octanol–water partition coefficient (Wildman–Crippen LogP) is 13.1. The number of hydrogen-bond acceptors (Lipinski definition) is 8. The van der Waals surface area contributed by atoms with Crippen molar-refractivity contribution in [1.29, 1.82) is 0 Å². The first-order chi connectivity index (χ1) is 35.5. The fourth-order valence-electron chi connectivity index (χ4n) is 10.3. The average molecular weight is 1030 g/mol. The van der Waals surface area contributed by atoms with Gasteiger partial charge in [-0.1, -0.05) is 92.3 Å². The monoisotopic (exact) mass is 1030 g/mol. The molecule has 3 aliphatic heterocycles. The molecular weight excluding hydrogens is 937 g/mol. The molecule has 3 aliphatic rings. The number of nitrogens with zero attached hydrogens (tertiary/aromatic N) is 6. The molecule has 7 rings (SSSR count). The Morgan fingerprint density at radius 3 is 2.35 bits per heavy atom. The predicted molar refractivity (Wildman–Crippen MR) is 314 cm³/mol. The van der Waals surface area contributed by atoms with Crippen molar-refractivity contribution in [1.82, 2.24) is 34.5 Å². The molecule has 2 aromatic heterocycles. The summed E-state index contributed by atoms with van der Waals surface area (Å²) < 4.78 is 13.3. The number of terminal acetylenes is 1. The van der Waals surface area contributed by atoms with Crippen LogP contribution in [0.3, 0.4) is 0 Å². The van der Waals surface area contributed by atoms with Crippen molar-refractivity contribution in [2.24, 2.45) is 17.3 Å². The molecule has 4 bridgehead atoms. The molecule has 2 N–H and O–H groups in total. The number of allylic oxidation sites excluding steroid dienone is 1. The molecule has 1 saturated heterocycles. The van der Waals surface area contributed by atoms with Crippen LogP contribution in [0.25, 0.3) is 33.3 Å². The first kappa shape index (κ1) is 60.9. The minimum absolute atomic E-state index is 0.190. The van der Waals surface area contributed by atoms with Gasteiger partial charge in [-0.2, -0.15) is 0 Å². The molecule has 0 spiro atoms. The molecule has 2 amide bonds. The minimum atomic E-state index is -0.380. The smallest absolute Gasteiger partial charge is 0.424 e. The largest absolute Gasteiger partial charge is 0.448 e. The summed E-state index contributed by atoms with van der Waals surface area (Å²) in [7, 11) is 5.42. The molecule has 0 aliphatic carbocycles. The Kier molecular flexibility index (Phi) is 24.8. The zero-order chi connectivity index (χ0) is 54.5. The van der Waals surface area contributed by atoms with Gasteiger partial charge >= 0.3 is 6.09 Å². The average Bonchev–Trinajstić information content (AvgIpc) is 3.91. The Hall–Kier alpha value is -5.61. The van der Waals surface area contributed by atoms with Crippen LogP contribution in [-0.2, 0) is 29.0 Å². The summed E-state index contributed by atoms with van der Waals surface area (Å²) in [5, 5.41) is 5.09. The van der Waals surface area contributed by atoms with Crippen molar-refractivity contribution in [2.45, 2.75) is 138 Å². The highest BCUT2D eigenvalue weighted by atomic mass is 32.2. The van der Waals surface area contributed by atoms with Crippen LogP contribution in [0.4, 0.5) is 4.79 Å². The first-order valence-electron chi connectivity index (χ1n) is 27.1. The highest BCUT2D eigenvalue weighted by Gasteiger charge is 2.35. The fourth-order valence-corrected chi connectivity index (χ4v) is 11.6. The molecule has 3 atom stereocenters. The number of pyridine rings is 1. The molecule has 1 fully saturated rings. The number of nitrogens with one attached hydrogen (secondary N) is 2. The van der Waals surface area contributed by atoms with Gasteiger partial charge in [-0.05, 0) is 134 Å². The third kappa shape index (κ3) is 16.4. The van der Waals surface area contributed by atoms with E-state index in [0.29, 0.717) is 24.3 Å². The summed E-state index contributed by atoms with van der Waals surface area (Å²) in [5.74, 6) is 2.73. The van der Waals surface area contributed by atoms with E-state index >= 15 is 0 Å². The topological polar surface area (TPSA) is 98.0 Å². The van der Waals surface area contributed by atoms with Gasteiger partial charge in [0.1, 0.15) is 19.8 Å². The molecule has 5 heterocycles. The number of likely N-dealkylation sites (tertiary alicyclic amines) is 1. The lowest BCUT2D eigenvalue weighted by molar-refractivity contribution is -0.497. The number of benzene rings is 2. The summed E-state index contributed by atoms with van der Waals surface area (Å²) in [6.45, 7) is 38.8. The summed E-state index contributed by atoms with van der Waals surface area (Å²) in [5.41, 5.74) is 13.7. The van der Waals surface area contributed by atoms with Crippen molar-refractivity contribution < 1.29 is 18.9 Å². The maximum Gasteiger partial charge on any atom is 0.424 e. The number of hydrogen-bond donors (Lipinski definition) is 2. The van der Waals surface area contributed by atoms with Gasteiger partial charge in [0, 0.05) is 98.3 Å². The third-order valence-corrected chi connectivity index (χ3v) is 15.3. The highest BCUT2D eigenvalue weighted by Crippen LogP contribution is 2.43. The van der Waals surface area contributed by atoms with Crippen molar-refractivity contribution in [3.63, 3.8) is 0 Å². The molecular formula is C62H91N8O3S+. The number of amides is 2. The van der Waals surface area contributed by atoms with Gasteiger partial charge in [0.05, 0.1) is 24.0 Å². The van der Waals surface area contributed by atoms with Gasteiger partial charge in [-0.3, -0.25) is 9.78 Å².